The molecule has 2 aromatic rings. The van der Waals surface area contributed by atoms with E-state index in [1.165, 1.54) is 5.56 Å². The number of carbonyl (C=O) groups excluding carboxylic acids is 1. The molecule has 2 aromatic carbocycles. The highest BCUT2D eigenvalue weighted by Crippen LogP contribution is 2.13. The molecule has 2 rings (SSSR count). The van der Waals surface area contributed by atoms with Gasteiger partial charge in [-0.2, -0.15) is 5.26 Å². The Morgan fingerprint density at radius 3 is 2.39 bits per heavy atom. The summed E-state index contributed by atoms with van der Waals surface area (Å²) in [6.07, 6.45) is 0. The van der Waals surface area contributed by atoms with E-state index >= 15 is 0 Å². The lowest BCUT2D eigenvalue weighted by molar-refractivity contribution is -0.123. The van der Waals surface area contributed by atoms with Gasteiger partial charge in [-0.25, -0.2) is 0 Å². The average molecular weight is 309 g/mol. The van der Waals surface area contributed by atoms with E-state index in [-0.39, 0.29) is 12.5 Å². The zero-order valence-corrected chi connectivity index (χ0v) is 13.2. The molecule has 0 radical (unpaired) electrons. The summed E-state index contributed by atoms with van der Waals surface area (Å²) in [6, 6.07) is 16.6. The van der Waals surface area contributed by atoms with Crippen molar-refractivity contribution < 1.29 is 9.53 Å². The highest BCUT2D eigenvalue weighted by Gasteiger charge is 2.09. The largest absolute Gasteiger partial charge is 0.484 e. The van der Waals surface area contributed by atoms with E-state index in [2.05, 4.69) is 5.43 Å². The monoisotopic (exact) mass is 309 g/mol. The van der Waals surface area contributed by atoms with Gasteiger partial charge < -0.3 is 4.74 Å². The quantitative estimate of drug-likeness (QED) is 0.833. The van der Waals surface area contributed by atoms with Crippen LogP contribution in [0.3, 0.4) is 0 Å². The van der Waals surface area contributed by atoms with Crippen LogP contribution >= 0.6 is 0 Å². The third-order valence-electron chi connectivity index (χ3n) is 3.27. The summed E-state index contributed by atoms with van der Waals surface area (Å²) >= 11 is 0. The molecule has 0 atom stereocenters. The number of aryl methyl sites for hydroxylation is 1. The first-order valence-corrected chi connectivity index (χ1v) is 7.39. The van der Waals surface area contributed by atoms with Crippen LogP contribution in [0.25, 0.3) is 0 Å². The Bertz CT molecular complexity index is 688. The van der Waals surface area contributed by atoms with Crippen molar-refractivity contribution >= 4 is 11.6 Å². The predicted octanol–water partition coefficient (Wildman–Crippen LogP) is 2.80. The minimum Gasteiger partial charge on any atom is -0.484 e. The van der Waals surface area contributed by atoms with Gasteiger partial charge in [0.2, 0.25) is 0 Å². The maximum absolute atomic E-state index is 12.0. The maximum Gasteiger partial charge on any atom is 0.276 e. The van der Waals surface area contributed by atoms with E-state index in [4.69, 9.17) is 10.00 Å². The second-order valence-corrected chi connectivity index (χ2v) is 5.04. The highest BCUT2D eigenvalue weighted by atomic mass is 16.5. The van der Waals surface area contributed by atoms with Crippen LogP contribution in [0.1, 0.15) is 18.1 Å². The van der Waals surface area contributed by atoms with Crippen molar-refractivity contribution in [3.63, 3.8) is 0 Å². The van der Waals surface area contributed by atoms with Crippen molar-refractivity contribution in [2.45, 2.75) is 13.8 Å². The van der Waals surface area contributed by atoms with Crippen molar-refractivity contribution in [1.82, 2.24) is 5.43 Å². The molecule has 1 amide bonds. The zero-order valence-electron chi connectivity index (χ0n) is 13.2. The van der Waals surface area contributed by atoms with Crippen LogP contribution in [0.15, 0.2) is 48.5 Å². The molecule has 0 bridgehead atoms. The smallest absolute Gasteiger partial charge is 0.276 e. The second-order valence-electron chi connectivity index (χ2n) is 5.04. The van der Waals surface area contributed by atoms with Gasteiger partial charge in [-0.15, -0.1) is 0 Å². The summed E-state index contributed by atoms with van der Waals surface area (Å²) in [5.74, 6) is 0.314. The van der Waals surface area contributed by atoms with Gasteiger partial charge >= 0.3 is 0 Å². The molecule has 0 aliphatic heterocycles. The summed E-state index contributed by atoms with van der Waals surface area (Å²) < 4.78 is 5.42. The molecule has 118 valence electrons. The number of nitrogens with zero attached hydrogens (tertiary/aromatic N) is 2. The Balaban J connectivity index is 1.89. The molecule has 0 aromatic heterocycles. The van der Waals surface area contributed by atoms with E-state index in [0.29, 0.717) is 17.9 Å². The first-order valence-electron chi connectivity index (χ1n) is 7.39. The number of rotatable bonds is 6. The molecule has 23 heavy (non-hydrogen) atoms. The molecule has 0 spiro atoms. The Hall–Kier alpha value is -3.00. The number of nitriles is 1. The normalized spacial score (nSPS) is 9.78. The summed E-state index contributed by atoms with van der Waals surface area (Å²) in [5, 5.41) is 10.5. The van der Waals surface area contributed by atoms with Crippen molar-refractivity contribution in [3.8, 4) is 11.8 Å². The standard InChI is InChI=1S/C18H19N3O2/c1-3-21(16-8-4-14(2)5-9-16)20-18(22)13-23-17-10-6-15(12-19)7-11-17/h4-11H,3,13H2,1-2H3,(H,20,22). The van der Waals surface area contributed by atoms with Gasteiger partial charge in [0.25, 0.3) is 5.91 Å². The number of nitrogens with one attached hydrogen (secondary N) is 1. The minimum absolute atomic E-state index is 0.0890. The molecule has 5 heteroatoms. The number of carbonyl (C=O) groups is 1. The van der Waals surface area contributed by atoms with Crippen LogP contribution in [0.2, 0.25) is 0 Å². The number of amides is 1. The van der Waals surface area contributed by atoms with Crippen molar-refractivity contribution in [2.24, 2.45) is 0 Å². The molecule has 5 nitrogen and oxygen atoms in total. The Kier molecular flexibility index (Phi) is 5.59. The summed E-state index contributed by atoms with van der Waals surface area (Å²) in [7, 11) is 0. The van der Waals surface area contributed by atoms with Crippen molar-refractivity contribution in [1.29, 1.82) is 5.26 Å². The molecule has 0 saturated carbocycles. The fraction of sp³-hybridized carbons (Fsp3) is 0.222. The molecule has 0 unspecified atom stereocenters. The van der Waals surface area contributed by atoms with Gasteiger partial charge in [0, 0.05) is 6.54 Å². The number of benzene rings is 2. The molecule has 0 heterocycles. The molecular formula is C18H19N3O2. The van der Waals surface area contributed by atoms with Gasteiger partial charge in [-0.05, 0) is 50.2 Å². The number of anilines is 1. The van der Waals surface area contributed by atoms with Crippen LogP contribution in [-0.2, 0) is 4.79 Å². The topological polar surface area (TPSA) is 65.4 Å². The number of hydrogen-bond donors (Lipinski definition) is 1. The predicted molar refractivity (Wildman–Crippen MR) is 89.0 cm³/mol. The average Bonchev–Trinajstić information content (AvgIpc) is 2.59. The molecule has 0 aliphatic rings. The fourth-order valence-corrected chi connectivity index (χ4v) is 2.01. The lowest BCUT2D eigenvalue weighted by Crippen LogP contribution is -2.44. The zero-order chi connectivity index (χ0) is 16.7. The highest BCUT2D eigenvalue weighted by molar-refractivity contribution is 5.79. The third-order valence-corrected chi connectivity index (χ3v) is 3.27. The van der Waals surface area contributed by atoms with Gasteiger partial charge in [-0.1, -0.05) is 17.7 Å². The second kappa shape index (κ2) is 7.85. The number of hydrogen-bond acceptors (Lipinski definition) is 4. The molecule has 0 saturated heterocycles. The number of hydrazine groups is 1. The van der Waals surface area contributed by atoms with Gasteiger partial charge in [0.1, 0.15) is 5.75 Å². The lowest BCUT2D eigenvalue weighted by Gasteiger charge is -2.24. The Labute approximate surface area is 136 Å². The molecule has 0 fully saturated rings. The van der Waals surface area contributed by atoms with Crippen molar-refractivity contribution in [2.75, 3.05) is 18.2 Å². The van der Waals surface area contributed by atoms with Crippen LogP contribution in [0.5, 0.6) is 5.75 Å². The van der Waals surface area contributed by atoms with Gasteiger partial charge in [-0.3, -0.25) is 15.2 Å². The number of ether oxygens (including phenoxy) is 1. The van der Waals surface area contributed by atoms with E-state index < -0.39 is 0 Å². The van der Waals surface area contributed by atoms with Crippen LogP contribution in [0.4, 0.5) is 5.69 Å². The lowest BCUT2D eigenvalue weighted by atomic mass is 10.2. The van der Waals surface area contributed by atoms with Crippen LogP contribution < -0.4 is 15.2 Å². The summed E-state index contributed by atoms with van der Waals surface area (Å²) in [6.45, 7) is 4.53. The van der Waals surface area contributed by atoms with E-state index in [1.807, 2.05) is 44.2 Å². The van der Waals surface area contributed by atoms with E-state index in [0.717, 1.165) is 5.69 Å². The summed E-state index contributed by atoms with van der Waals surface area (Å²) in [4.78, 5) is 12.0. The maximum atomic E-state index is 12.0. The van der Waals surface area contributed by atoms with Crippen LogP contribution in [0, 0.1) is 18.3 Å². The molecular weight excluding hydrogens is 290 g/mol. The van der Waals surface area contributed by atoms with Gasteiger partial charge in [0.15, 0.2) is 6.61 Å². The molecule has 0 aliphatic carbocycles. The third kappa shape index (κ3) is 4.75. The Morgan fingerprint density at radius 2 is 1.83 bits per heavy atom. The fourth-order valence-electron chi connectivity index (χ4n) is 2.01. The van der Waals surface area contributed by atoms with E-state index in [9.17, 15) is 4.79 Å². The van der Waals surface area contributed by atoms with Gasteiger partial charge in [0.05, 0.1) is 17.3 Å². The summed E-state index contributed by atoms with van der Waals surface area (Å²) in [5.41, 5.74) is 5.45. The minimum atomic E-state index is -0.239. The van der Waals surface area contributed by atoms with E-state index in [1.54, 1.807) is 29.3 Å². The molecule has 1 N–H and O–H groups in total. The Morgan fingerprint density at radius 1 is 1.17 bits per heavy atom. The van der Waals surface area contributed by atoms with Crippen molar-refractivity contribution in [3.05, 3.63) is 59.7 Å². The first kappa shape index (κ1) is 16.4. The SMILES string of the molecule is CCN(NC(=O)COc1ccc(C#N)cc1)c1ccc(C)cc1. The first-order chi connectivity index (χ1) is 11.1. The van der Waals surface area contributed by atoms with Crippen LogP contribution in [-0.4, -0.2) is 19.1 Å².